The zero-order valence-corrected chi connectivity index (χ0v) is 14.0. The number of hydrogen-bond acceptors (Lipinski definition) is 1. The van der Waals surface area contributed by atoms with E-state index in [0.29, 0.717) is 5.92 Å². The molecule has 1 atom stereocenters. The summed E-state index contributed by atoms with van der Waals surface area (Å²) in [6.07, 6.45) is 0. The first-order valence-corrected chi connectivity index (χ1v) is 7.89. The van der Waals surface area contributed by atoms with Gasteiger partial charge in [-0.2, -0.15) is 0 Å². The molecule has 1 heterocycles. The van der Waals surface area contributed by atoms with Crippen LogP contribution in [0.5, 0.6) is 0 Å². The Morgan fingerprint density at radius 2 is 1.90 bits per heavy atom. The summed E-state index contributed by atoms with van der Waals surface area (Å²) >= 11 is 6.29. The third-order valence-electron chi connectivity index (χ3n) is 5.78. The minimum atomic E-state index is -0.230. The Morgan fingerprint density at radius 3 is 2.43 bits per heavy atom. The van der Waals surface area contributed by atoms with Gasteiger partial charge in [-0.1, -0.05) is 27.7 Å². The summed E-state index contributed by atoms with van der Waals surface area (Å²) in [4.78, 5) is 4.59. The van der Waals surface area contributed by atoms with Crippen LogP contribution in [0.15, 0.2) is 18.2 Å². The van der Waals surface area contributed by atoms with E-state index in [2.05, 4.69) is 37.2 Å². The average Bonchev–Trinajstić information content (AvgIpc) is 2.70. The second kappa shape index (κ2) is 4.45. The molecule has 0 radical (unpaired) electrons. The molecule has 1 saturated carbocycles. The van der Waals surface area contributed by atoms with Crippen LogP contribution < -0.4 is 0 Å². The fourth-order valence-corrected chi connectivity index (χ4v) is 3.75. The van der Waals surface area contributed by atoms with Crippen molar-refractivity contribution in [3.05, 3.63) is 29.8 Å². The number of halogens is 2. The predicted octanol–water partition coefficient (Wildman–Crippen LogP) is 5.16. The van der Waals surface area contributed by atoms with Crippen molar-refractivity contribution < 1.29 is 4.39 Å². The SMILES string of the molecule is CC(Cl)c1nc2ccc(F)cc2n1CC1C(C)(C)C1(C)C. The highest BCUT2D eigenvalue weighted by Crippen LogP contribution is 2.69. The first-order valence-electron chi connectivity index (χ1n) is 7.46. The van der Waals surface area contributed by atoms with Crippen LogP contribution in [0.4, 0.5) is 4.39 Å². The molecule has 0 N–H and O–H groups in total. The van der Waals surface area contributed by atoms with Crippen molar-refractivity contribution in [3.8, 4) is 0 Å². The van der Waals surface area contributed by atoms with Crippen LogP contribution in [0.2, 0.25) is 0 Å². The van der Waals surface area contributed by atoms with Crippen LogP contribution in [-0.2, 0) is 6.54 Å². The van der Waals surface area contributed by atoms with Gasteiger partial charge in [0.25, 0.3) is 0 Å². The van der Waals surface area contributed by atoms with Gasteiger partial charge in [0, 0.05) is 6.54 Å². The Hall–Kier alpha value is -1.09. The van der Waals surface area contributed by atoms with E-state index in [4.69, 9.17) is 11.6 Å². The molecule has 2 aromatic rings. The zero-order chi connectivity index (χ0) is 15.6. The van der Waals surface area contributed by atoms with E-state index in [1.807, 2.05) is 6.92 Å². The van der Waals surface area contributed by atoms with E-state index < -0.39 is 0 Å². The Kier molecular flexibility index (Phi) is 3.14. The molecule has 1 unspecified atom stereocenters. The van der Waals surface area contributed by atoms with Gasteiger partial charge >= 0.3 is 0 Å². The highest BCUT2D eigenvalue weighted by atomic mass is 35.5. The number of aromatic nitrogens is 2. The first-order chi connectivity index (χ1) is 9.66. The van der Waals surface area contributed by atoms with Crippen LogP contribution in [0.3, 0.4) is 0 Å². The summed E-state index contributed by atoms with van der Waals surface area (Å²) in [6.45, 7) is 11.9. The third-order valence-corrected chi connectivity index (χ3v) is 5.98. The normalized spacial score (nSPS) is 21.7. The molecule has 0 aliphatic heterocycles. The van der Waals surface area contributed by atoms with Crippen LogP contribution in [-0.4, -0.2) is 9.55 Å². The summed E-state index contributed by atoms with van der Waals surface area (Å²) in [5.74, 6) is 1.14. The molecule has 3 rings (SSSR count). The van der Waals surface area contributed by atoms with E-state index in [0.717, 1.165) is 23.4 Å². The van der Waals surface area contributed by atoms with Crippen LogP contribution >= 0.6 is 11.6 Å². The van der Waals surface area contributed by atoms with E-state index in [-0.39, 0.29) is 22.0 Å². The Morgan fingerprint density at radius 1 is 1.29 bits per heavy atom. The summed E-state index contributed by atoms with van der Waals surface area (Å²) < 4.78 is 15.7. The smallest absolute Gasteiger partial charge is 0.127 e. The first kappa shape index (κ1) is 14.8. The zero-order valence-electron chi connectivity index (χ0n) is 13.2. The fraction of sp³-hybridized carbons (Fsp3) is 0.588. The molecule has 4 heteroatoms. The monoisotopic (exact) mass is 308 g/mol. The minimum absolute atomic E-state index is 0.189. The van der Waals surface area contributed by atoms with Crippen molar-refractivity contribution in [3.63, 3.8) is 0 Å². The standard InChI is InChI=1S/C17H22ClFN2/c1-10(18)15-20-12-7-6-11(19)8-13(12)21(15)9-14-16(2,3)17(14,4)5/h6-8,10,14H,9H2,1-5H3. The van der Waals surface area contributed by atoms with Gasteiger partial charge in [0.2, 0.25) is 0 Å². The largest absolute Gasteiger partial charge is 0.326 e. The molecular weight excluding hydrogens is 287 g/mol. The molecule has 1 aromatic heterocycles. The van der Waals surface area contributed by atoms with Gasteiger partial charge in [0.05, 0.1) is 16.4 Å². The Labute approximate surface area is 130 Å². The average molecular weight is 309 g/mol. The molecule has 1 aliphatic carbocycles. The lowest BCUT2D eigenvalue weighted by atomic mass is 10.0. The number of benzene rings is 1. The molecule has 21 heavy (non-hydrogen) atoms. The molecule has 1 fully saturated rings. The molecule has 114 valence electrons. The number of fused-ring (bicyclic) bond motifs is 1. The second-order valence-corrected chi connectivity index (χ2v) is 7.98. The maximum Gasteiger partial charge on any atom is 0.127 e. The van der Waals surface area contributed by atoms with Gasteiger partial charge in [0.15, 0.2) is 0 Å². The van der Waals surface area contributed by atoms with Gasteiger partial charge in [0.1, 0.15) is 11.6 Å². The van der Waals surface area contributed by atoms with Crippen molar-refractivity contribution in [2.24, 2.45) is 16.7 Å². The second-order valence-electron chi connectivity index (χ2n) is 7.33. The predicted molar refractivity (Wildman–Crippen MR) is 85.0 cm³/mol. The van der Waals surface area contributed by atoms with Gasteiger partial charge in [-0.05, 0) is 41.9 Å². The van der Waals surface area contributed by atoms with Crippen LogP contribution in [0.1, 0.15) is 45.8 Å². The van der Waals surface area contributed by atoms with Crippen LogP contribution in [0.25, 0.3) is 11.0 Å². The number of hydrogen-bond donors (Lipinski definition) is 0. The summed E-state index contributed by atoms with van der Waals surface area (Å²) in [7, 11) is 0. The highest BCUT2D eigenvalue weighted by Gasteiger charge is 2.64. The number of imidazole rings is 1. The fourth-order valence-electron chi connectivity index (χ4n) is 3.58. The van der Waals surface area contributed by atoms with Crippen molar-refractivity contribution in [1.82, 2.24) is 9.55 Å². The molecule has 1 aliphatic rings. The molecule has 0 bridgehead atoms. The highest BCUT2D eigenvalue weighted by molar-refractivity contribution is 6.20. The van der Waals surface area contributed by atoms with Gasteiger partial charge in [-0.15, -0.1) is 11.6 Å². The summed E-state index contributed by atoms with van der Waals surface area (Å²) in [5, 5.41) is -0.189. The van der Waals surface area contributed by atoms with Crippen LogP contribution in [0, 0.1) is 22.6 Å². The Balaban J connectivity index is 2.08. The van der Waals surface area contributed by atoms with Crippen molar-refractivity contribution in [2.75, 3.05) is 0 Å². The van der Waals surface area contributed by atoms with Gasteiger partial charge < -0.3 is 4.57 Å². The molecule has 0 spiro atoms. The molecule has 0 saturated heterocycles. The van der Waals surface area contributed by atoms with Crippen molar-refractivity contribution in [2.45, 2.75) is 46.5 Å². The lowest BCUT2D eigenvalue weighted by molar-refractivity contribution is 0.457. The maximum atomic E-state index is 13.6. The van der Waals surface area contributed by atoms with E-state index >= 15 is 0 Å². The quantitative estimate of drug-likeness (QED) is 0.716. The van der Waals surface area contributed by atoms with Crippen molar-refractivity contribution >= 4 is 22.6 Å². The minimum Gasteiger partial charge on any atom is -0.326 e. The Bertz CT molecular complexity index is 686. The van der Waals surface area contributed by atoms with Crippen molar-refractivity contribution in [1.29, 1.82) is 0 Å². The molecular formula is C17H22ClFN2. The van der Waals surface area contributed by atoms with Gasteiger partial charge in [-0.25, -0.2) is 9.37 Å². The summed E-state index contributed by atoms with van der Waals surface area (Å²) in [5.41, 5.74) is 2.22. The molecule has 2 nitrogen and oxygen atoms in total. The van der Waals surface area contributed by atoms with E-state index in [1.165, 1.54) is 6.07 Å². The maximum absolute atomic E-state index is 13.6. The topological polar surface area (TPSA) is 17.8 Å². The van der Waals surface area contributed by atoms with Gasteiger partial charge in [-0.3, -0.25) is 0 Å². The lowest BCUT2D eigenvalue weighted by Crippen LogP contribution is -2.09. The van der Waals surface area contributed by atoms with E-state index in [1.54, 1.807) is 12.1 Å². The summed E-state index contributed by atoms with van der Waals surface area (Å²) in [6, 6.07) is 4.74. The number of alkyl halides is 1. The molecule has 0 amide bonds. The van der Waals surface area contributed by atoms with E-state index in [9.17, 15) is 4.39 Å². The number of nitrogens with zero attached hydrogens (tertiary/aromatic N) is 2. The number of rotatable bonds is 3. The lowest BCUT2D eigenvalue weighted by Gasteiger charge is -2.12. The third kappa shape index (κ3) is 2.09. The molecule has 1 aromatic carbocycles.